The van der Waals surface area contributed by atoms with Crippen LogP contribution < -0.4 is 9.64 Å². The number of carbonyl (C=O) groups is 1. The van der Waals surface area contributed by atoms with E-state index in [1.807, 2.05) is 0 Å². The molecular formula is C12H12ClF2NO3. The molecule has 1 aromatic rings. The largest absolute Gasteiger partial charge is 0.485 e. The maximum Gasteiger partial charge on any atom is 0.272 e. The average Bonchev–Trinajstić information content (AvgIpc) is 2.37. The SMILES string of the molecule is O=C1COCCN1c1ccc(Cl)cc1OCC(F)F. The molecule has 1 aliphatic rings. The van der Waals surface area contributed by atoms with Gasteiger partial charge in [-0.1, -0.05) is 11.6 Å². The fourth-order valence-corrected chi connectivity index (χ4v) is 1.91. The topological polar surface area (TPSA) is 38.8 Å². The summed E-state index contributed by atoms with van der Waals surface area (Å²) < 4.78 is 34.5. The van der Waals surface area contributed by atoms with Crippen molar-refractivity contribution in [1.29, 1.82) is 0 Å². The highest BCUT2D eigenvalue weighted by molar-refractivity contribution is 6.30. The number of amides is 1. The molecule has 19 heavy (non-hydrogen) atoms. The highest BCUT2D eigenvalue weighted by atomic mass is 35.5. The summed E-state index contributed by atoms with van der Waals surface area (Å²) in [5, 5.41) is 0.355. The molecular weight excluding hydrogens is 280 g/mol. The number of halogens is 3. The zero-order chi connectivity index (χ0) is 13.8. The van der Waals surface area contributed by atoms with E-state index in [9.17, 15) is 13.6 Å². The van der Waals surface area contributed by atoms with Crippen LogP contribution in [0.5, 0.6) is 5.75 Å². The Bertz CT molecular complexity index is 470. The summed E-state index contributed by atoms with van der Waals surface area (Å²) in [6, 6.07) is 4.57. The standard InChI is InChI=1S/C12H12ClF2NO3/c13-8-1-2-9(10(5-8)19-6-11(14)15)16-3-4-18-7-12(16)17/h1-2,5,11H,3-4,6-7H2. The van der Waals surface area contributed by atoms with Crippen LogP contribution in [0, 0.1) is 0 Å². The molecule has 0 aliphatic carbocycles. The maximum absolute atomic E-state index is 12.2. The lowest BCUT2D eigenvalue weighted by molar-refractivity contribution is -0.125. The lowest BCUT2D eigenvalue weighted by Gasteiger charge is -2.28. The second kappa shape index (κ2) is 6.16. The molecule has 2 rings (SSSR count). The molecule has 0 spiro atoms. The van der Waals surface area contributed by atoms with Crippen molar-refractivity contribution >= 4 is 23.2 Å². The second-order valence-electron chi connectivity index (χ2n) is 3.91. The first-order chi connectivity index (χ1) is 9.08. The lowest BCUT2D eigenvalue weighted by Crippen LogP contribution is -2.41. The summed E-state index contributed by atoms with van der Waals surface area (Å²) in [6.45, 7) is -0.0308. The molecule has 0 N–H and O–H groups in total. The summed E-state index contributed by atoms with van der Waals surface area (Å²) in [7, 11) is 0. The summed E-state index contributed by atoms with van der Waals surface area (Å²) in [5.74, 6) is -0.0708. The minimum absolute atomic E-state index is 0.0308. The summed E-state index contributed by atoms with van der Waals surface area (Å²) in [5.41, 5.74) is 0.429. The number of rotatable bonds is 4. The van der Waals surface area contributed by atoms with Gasteiger partial charge in [0.25, 0.3) is 12.3 Å². The number of alkyl halides is 2. The van der Waals surface area contributed by atoms with Gasteiger partial charge in [0, 0.05) is 17.6 Å². The van der Waals surface area contributed by atoms with Crippen LogP contribution in [0.25, 0.3) is 0 Å². The van der Waals surface area contributed by atoms with Crippen LogP contribution in [0.15, 0.2) is 18.2 Å². The van der Waals surface area contributed by atoms with Gasteiger partial charge in [0.15, 0.2) is 0 Å². The molecule has 4 nitrogen and oxygen atoms in total. The zero-order valence-corrected chi connectivity index (χ0v) is 10.7. The third-order valence-electron chi connectivity index (χ3n) is 2.56. The van der Waals surface area contributed by atoms with Crippen molar-refractivity contribution in [2.45, 2.75) is 6.43 Å². The zero-order valence-electron chi connectivity index (χ0n) is 9.94. The number of nitrogens with zero attached hydrogens (tertiary/aromatic N) is 1. The normalized spacial score (nSPS) is 16.0. The van der Waals surface area contributed by atoms with Crippen LogP contribution in [-0.2, 0) is 9.53 Å². The van der Waals surface area contributed by atoms with Crippen LogP contribution in [0.2, 0.25) is 5.02 Å². The smallest absolute Gasteiger partial charge is 0.272 e. The van der Waals surface area contributed by atoms with Gasteiger partial charge < -0.3 is 14.4 Å². The van der Waals surface area contributed by atoms with Crippen molar-refractivity contribution in [3.8, 4) is 5.75 Å². The van der Waals surface area contributed by atoms with Crippen LogP contribution in [-0.4, -0.2) is 38.7 Å². The van der Waals surface area contributed by atoms with Gasteiger partial charge in [-0.25, -0.2) is 8.78 Å². The molecule has 0 radical (unpaired) electrons. The van der Waals surface area contributed by atoms with Crippen molar-refractivity contribution in [2.75, 3.05) is 31.3 Å². The molecule has 0 saturated carbocycles. The Balaban J connectivity index is 2.25. The Labute approximate surface area is 113 Å². The van der Waals surface area contributed by atoms with E-state index >= 15 is 0 Å². The first-order valence-electron chi connectivity index (χ1n) is 5.66. The second-order valence-corrected chi connectivity index (χ2v) is 4.35. The predicted octanol–water partition coefficient (Wildman–Crippen LogP) is 2.35. The van der Waals surface area contributed by atoms with Gasteiger partial charge in [0.05, 0.1) is 12.3 Å². The number of carbonyl (C=O) groups excluding carboxylic acids is 1. The maximum atomic E-state index is 12.2. The van der Waals surface area contributed by atoms with Crippen molar-refractivity contribution in [2.24, 2.45) is 0 Å². The van der Waals surface area contributed by atoms with Crippen molar-refractivity contribution in [1.82, 2.24) is 0 Å². The molecule has 1 heterocycles. The van der Waals surface area contributed by atoms with E-state index < -0.39 is 13.0 Å². The number of hydrogen-bond donors (Lipinski definition) is 0. The van der Waals surface area contributed by atoms with Gasteiger partial charge in [-0.2, -0.15) is 0 Å². The quantitative estimate of drug-likeness (QED) is 0.855. The molecule has 0 unspecified atom stereocenters. The van der Waals surface area contributed by atoms with Gasteiger partial charge in [0.1, 0.15) is 19.0 Å². The van der Waals surface area contributed by atoms with Crippen LogP contribution >= 0.6 is 11.6 Å². The van der Waals surface area contributed by atoms with E-state index in [0.29, 0.717) is 23.9 Å². The fourth-order valence-electron chi connectivity index (χ4n) is 1.75. The van der Waals surface area contributed by atoms with E-state index in [-0.39, 0.29) is 18.3 Å². The van der Waals surface area contributed by atoms with E-state index in [0.717, 1.165) is 0 Å². The molecule has 1 amide bonds. The van der Waals surface area contributed by atoms with Gasteiger partial charge in [0.2, 0.25) is 0 Å². The fraction of sp³-hybridized carbons (Fsp3) is 0.417. The minimum atomic E-state index is -2.59. The number of hydrogen-bond acceptors (Lipinski definition) is 3. The van der Waals surface area contributed by atoms with E-state index in [4.69, 9.17) is 21.1 Å². The monoisotopic (exact) mass is 291 g/mol. The Hall–Kier alpha value is -1.40. The van der Waals surface area contributed by atoms with E-state index in [1.54, 1.807) is 12.1 Å². The highest BCUT2D eigenvalue weighted by Crippen LogP contribution is 2.32. The molecule has 1 aliphatic heterocycles. The van der Waals surface area contributed by atoms with Gasteiger partial charge in [-0.05, 0) is 12.1 Å². The van der Waals surface area contributed by atoms with Crippen molar-refractivity contribution < 1.29 is 23.0 Å². The third-order valence-corrected chi connectivity index (χ3v) is 2.80. The molecule has 0 bridgehead atoms. The van der Waals surface area contributed by atoms with Crippen LogP contribution in [0.3, 0.4) is 0 Å². The van der Waals surface area contributed by atoms with Crippen molar-refractivity contribution in [3.05, 3.63) is 23.2 Å². The summed E-state index contributed by atoms with van der Waals surface area (Å²) in [6.07, 6.45) is -2.59. The highest BCUT2D eigenvalue weighted by Gasteiger charge is 2.23. The first kappa shape index (κ1) is 14.0. The molecule has 7 heteroatoms. The molecule has 0 aromatic heterocycles. The van der Waals surface area contributed by atoms with Crippen LogP contribution in [0.4, 0.5) is 14.5 Å². The summed E-state index contributed by atoms with van der Waals surface area (Å²) in [4.78, 5) is 13.2. The van der Waals surface area contributed by atoms with Crippen molar-refractivity contribution in [3.63, 3.8) is 0 Å². The van der Waals surface area contributed by atoms with E-state index in [2.05, 4.69) is 0 Å². The Morgan fingerprint density at radius 2 is 2.26 bits per heavy atom. The van der Waals surface area contributed by atoms with Gasteiger partial charge in [-0.15, -0.1) is 0 Å². The average molecular weight is 292 g/mol. The number of ether oxygens (including phenoxy) is 2. The minimum Gasteiger partial charge on any atom is -0.485 e. The molecule has 1 saturated heterocycles. The Kier molecular flexibility index (Phi) is 4.55. The predicted molar refractivity (Wildman–Crippen MR) is 66.1 cm³/mol. The lowest BCUT2D eigenvalue weighted by atomic mass is 10.2. The van der Waals surface area contributed by atoms with Gasteiger partial charge >= 0.3 is 0 Å². The molecule has 0 atom stereocenters. The Morgan fingerprint density at radius 3 is 2.95 bits per heavy atom. The summed E-state index contributed by atoms with van der Waals surface area (Å²) >= 11 is 5.81. The first-order valence-corrected chi connectivity index (χ1v) is 6.04. The Morgan fingerprint density at radius 1 is 1.47 bits per heavy atom. The molecule has 104 valence electrons. The number of anilines is 1. The molecule has 1 aromatic carbocycles. The number of benzene rings is 1. The van der Waals surface area contributed by atoms with Crippen LogP contribution in [0.1, 0.15) is 0 Å². The third kappa shape index (κ3) is 3.54. The number of morpholine rings is 1. The van der Waals surface area contributed by atoms with Gasteiger partial charge in [-0.3, -0.25) is 4.79 Å². The molecule has 1 fully saturated rings. The van der Waals surface area contributed by atoms with E-state index in [1.165, 1.54) is 11.0 Å².